The van der Waals surface area contributed by atoms with Crippen molar-refractivity contribution in [3.63, 3.8) is 0 Å². The Morgan fingerprint density at radius 1 is 1.14 bits per heavy atom. The summed E-state index contributed by atoms with van der Waals surface area (Å²) in [5.41, 5.74) is 2.96. The molecule has 3 unspecified atom stereocenters. The summed E-state index contributed by atoms with van der Waals surface area (Å²) in [5, 5.41) is 16.3. The molecule has 0 saturated carbocycles. The maximum Gasteiger partial charge on any atom is 0.315 e. The Bertz CT molecular complexity index is 855. The minimum atomic E-state index is -0.640. The van der Waals surface area contributed by atoms with Crippen molar-refractivity contribution in [2.75, 3.05) is 13.1 Å². The van der Waals surface area contributed by atoms with Crippen LogP contribution < -0.4 is 10.6 Å². The minimum Gasteiger partial charge on any atom is -0.390 e. The van der Waals surface area contributed by atoms with Crippen LogP contribution in [0.1, 0.15) is 41.6 Å². The van der Waals surface area contributed by atoms with E-state index >= 15 is 0 Å². The van der Waals surface area contributed by atoms with Gasteiger partial charge < -0.3 is 20.6 Å². The lowest BCUT2D eigenvalue weighted by molar-refractivity contribution is -0.128. The number of nitrogens with one attached hydrogen (secondary N) is 2. The number of aliphatic hydroxyl groups excluding tert-OH is 1. The molecular formula is C22H25N3O3. The third-order valence-electron chi connectivity index (χ3n) is 5.57. The van der Waals surface area contributed by atoms with E-state index in [1.807, 2.05) is 54.6 Å². The highest BCUT2D eigenvalue weighted by molar-refractivity contribution is 5.78. The number of aliphatic hydroxyl groups is 1. The smallest absolute Gasteiger partial charge is 0.315 e. The molecule has 1 fully saturated rings. The summed E-state index contributed by atoms with van der Waals surface area (Å²) >= 11 is 0. The number of benzene rings is 2. The molecule has 0 spiro atoms. The molecule has 146 valence electrons. The molecule has 1 aliphatic carbocycles. The van der Waals surface area contributed by atoms with Crippen molar-refractivity contribution >= 4 is 11.9 Å². The van der Waals surface area contributed by atoms with Crippen LogP contribution in [-0.4, -0.2) is 41.1 Å². The first kappa shape index (κ1) is 18.5. The number of hydrogen-bond donors (Lipinski definition) is 3. The predicted molar refractivity (Wildman–Crippen MR) is 106 cm³/mol. The fourth-order valence-electron chi connectivity index (χ4n) is 4.13. The summed E-state index contributed by atoms with van der Waals surface area (Å²) < 4.78 is 0. The normalized spacial score (nSPS) is 22.0. The largest absolute Gasteiger partial charge is 0.390 e. The molecule has 1 aliphatic heterocycles. The van der Waals surface area contributed by atoms with Gasteiger partial charge in [0.1, 0.15) is 0 Å². The average molecular weight is 379 g/mol. The van der Waals surface area contributed by atoms with Crippen molar-refractivity contribution in [1.82, 2.24) is 15.5 Å². The van der Waals surface area contributed by atoms with Gasteiger partial charge in [0.2, 0.25) is 5.91 Å². The van der Waals surface area contributed by atoms with E-state index in [-0.39, 0.29) is 18.0 Å². The third kappa shape index (κ3) is 3.87. The van der Waals surface area contributed by atoms with Gasteiger partial charge in [-0.05, 0) is 23.1 Å². The quantitative estimate of drug-likeness (QED) is 0.746. The van der Waals surface area contributed by atoms with Gasteiger partial charge in [-0.3, -0.25) is 4.79 Å². The van der Waals surface area contributed by atoms with Crippen LogP contribution in [0.25, 0.3) is 0 Å². The number of amides is 3. The summed E-state index contributed by atoms with van der Waals surface area (Å²) in [6.45, 7) is 1.17. The van der Waals surface area contributed by atoms with Crippen LogP contribution >= 0.6 is 0 Å². The molecule has 1 heterocycles. The molecular weight excluding hydrogens is 354 g/mol. The molecule has 28 heavy (non-hydrogen) atoms. The van der Waals surface area contributed by atoms with Gasteiger partial charge in [0.25, 0.3) is 0 Å². The van der Waals surface area contributed by atoms with Crippen LogP contribution in [0.2, 0.25) is 0 Å². The van der Waals surface area contributed by atoms with Crippen molar-refractivity contribution in [3.05, 3.63) is 71.3 Å². The summed E-state index contributed by atoms with van der Waals surface area (Å²) in [6.07, 6.45) is 1.32. The zero-order valence-corrected chi connectivity index (χ0v) is 15.7. The van der Waals surface area contributed by atoms with E-state index in [1.54, 1.807) is 4.90 Å². The van der Waals surface area contributed by atoms with Crippen molar-refractivity contribution < 1.29 is 14.7 Å². The monoisotopic (exact) mass is 379 g/mol. The Hall–Kier alpha value is -2.86. The number of urea groups is 1. The van der Waals surface area contributed by atoms with E-state index in [1.165, 1.54) is 0 Å². The summed E-state index contributed by atoms with van der Waals surface area (Å²) in [7, 11) is 0. The molecule has 0 aromatic heterocycles. The third-order valence-corrected chi connectivity index (χ3v) is 5.57. The van der Waals surface area contributed by atoms with E-state index < -0.39 is 12.1 Å². The second kappa shape index (κ2) is 8.02. The zero-order valence-electron chi connectivity index (χ0n) is 15.7. The van der Waals surface area contributed by atoms with Gasteiger partial charge in [-0.25, -0.2) is 4.79 Å². The minimum absolute atomic E-state index is 0.128. The zero-order chi connectivity index (χ0) is 19.5. The van der Waals surface area contributed by atoms with Crippen LogP contribution in [0, 0.1) is 0 Å². The molecule has 3 amide bonds. The maximum atomic E-state index is 12.8. The van der Waals surface area contributed by atoms with Crippen molar-refractivity contribution in [1.29, 1.82) is 0 Å². The summed E-state index contributed by atoms with van der Waals surface area (Å²) in [5.74, 6) is 0.128. The SMILES string of the molecule is O=C(NC(CN1CCCC1=O)c1ccccc1)NC1c2ccccc2CC1O. The predicted octanol–water partition coefficient (Wildman–Crippen LogP) is 2.31. The first-order valence-electron chi connectivity index (χ1n) is 9.77. The number of rotatable bonds is 5. The second-order valence-electron chi connectivity index (χ2n) is 7.47. The van der Waals surface area contributed by atoms with Gasteiger partial charge in [0, 0.05) is 25.9 Å². The number of hydrogen-bond acceptors (Lipinski definition) is 3. The van der Waals surface area contributed by atoms with Crippen LogP contribution in [0.15, 0.2) is 54.6 Å². The van der Waals surface area contributed by atoms with Gasteiger partial charge in [-0.1, -0.05) is 54.6 Å². The van der Waals surface area contributed by atoms with Crippen LogP contribution in [-0.2, 0) is 11.2 Å². The van der Waals surface area contributed by atoms with Gasteiger partial charge in [-0.15, -0.1) is 0 Å². The molecule has 4 rings (SSSR count). The van der Waals surface area contributed by atoms with E-state index in [0.717, 1.165) is 29.7 Å². The Kier molecular flexibility index (Phi) is 5.30. The van der Waals surface area contributed by atoms with E-state index in [9.17, 15) is 14.7 Å². The molecule has 0 bridgehead atoms. The lowest BCUT2D eigenvalue weighted by Gasteiger charge is -2.26. The van der Waals surface area contributed by atoms with Crippen LogP contribution in [0.3, 0.4) is 0 Å². The van der Waals surface area contributed by atoms with E-state index in [2.05, 4.69) is 10.6 Å². The number of likely N-dealkylation sites (tertiary alicyclic amines) is 1. The Labute approximate surface area is 164 Å². The van der Waals surface area contributed by atoms with Gasteiger partial charge in [0.15, 0.2) is 0 Å². The molecule has 3 atom stereocenters. The number of fused-ring (bicyclic) bond motifs is 1. The molecule has 2 aromatic rings. The Morgan fingerprint density at radius 3 is 2.64 bits per heavy atom. The molecule has 2 aromatic carbocycles. The fraction of sp³-hybridized carbons (Fsp3) is 0.364. The average Bonchev–Trinajstić information content (AvgIpc) is 3.25. The van der Waals surface area contributed by atoms with Gasteiger partial charge in [-0.2, -0.15) is 0 Å². The summed E-state index contributed by atoms with van der Waals surface area (Å²) in [4.78, 5) is 26.6. The fourth-order valence-corrected chi connectivity index (χ4v) is 4.13. The van der Waals surface area contributed by atoms with E-state index in [4.69, 9.17) is 0 Å². The topological polar surface area (TPSA) is 81.7 Å². The molecule has 2 aliphatic rings. The first-order chi connectivity index (χ1) is 13.6. The van der Waals surface area contributed by atoms with Crippen LogP contribution in [0.4, 0.5) is 4.79 Å². The molecule has 1 saturated heterocycles. The highest BCUT2D eigenvalue weighted by Crippen LogP contribution is 2.31. The molecule has 0 radical (unpaired) electrons. The Balaban J connectivity index is 1.47. The highest BCUT2D eigenvalue weighted by Gasteiger charge is 2.33. The standard InChI is InChI=1S/C22H25N3O3/c26-19-13-16-9-4-5-10-17(16)21(19)24-22(28)23-18(15-7-2-1-3-8-15)14-25-12-6-11-20(25)27/h1-5,7-10,18-19,21,26H,6,11-14H2,(H2,23,24,28). The Morgan fingerprint density at radius 2 is 1.89 bits per heavy atom. The lowest BCUT2D eigenvalue weighted by Crippen LogP contribution is -2.45. The maximum absolute atomic E-state index is 12.8. The first-order valence-corrected chi connectivity index (χ1v) is 9.77. The number of carbonyl (C=O) groups excluding carboxylic acids is 2. The van der Waals surface area contributed by atoms with E-state index in [0.29, 0.717) is 19.4 Å². The van der Waals surface area contributed by atoms with Crippen LogP contribution in [0.5, 0.6) is 0 Å². The van der Waals surface area contributed by atoms with Gasteiger partial charge >= 0.3 is 6.03 Å². The lowest BCUT2D eigenvalue weighted by atomic mass is 10.1. The molecule has 6 nitrogen and oxygen atoms in total. The second-order valence-corrected chi connectivity index (χ2v) is 7.47. The van der Waals surface area contributed by atoms with Crippen molar-refractivity contribution in [2.45, 2.75) is 37.5 Å². The van der Waals surface area contributed by atoms with Gasteiger partial charge in [0.05, 0.1) is 18.2 Å². The summed E-state index contributed by atoms with van der Waals surface area (Å²) in [6, 6.07) is 16.3. The van der Waals surface area contributed by atoms with Crippen molar-refractivity contribution in [2.24, 2.45) is 0 Å². The molecule has 3 N–H and O–H groups in total. The number of carbonyl (C=O) groups is 2. The highest BCUT2D eigenvalue weighted by atomic mass is 16.3. The number of nitrogens with zero attached hydrogens (tertiary/aromatic N) is 1. The van der Waals surface area contributed by atoms with Crippen molar-refractivity contribution in [3.8, 4) is 0 Å². The molecule has 6 heteroatoms.